The van der Waals surface area contributed by atoms with Gasteiger partial charge < -0.3 is 11.1 Å². The van der Waals surface area contributed by atoms with Crippen LogP contribution in [0.3, 0.4) is 0 Å². The van der Waals surface area contributed by atoms with Gasteiger partial charge in [0, 0.05) is 19.6 Å². The molecule has 0 spiro atoms. The molecule has 0 aliphatic rings. The van der Waals surface area contributed by atoms with Crippen LogP contribution < -0.4 is 11.1 Å². The van der Waals surface area contributed by atoms with Crippen molar-refractivity contribution in [2.24, 2.45) is 5.73 Å². The molecule has 0 atom stereocenters. The van der Waals surface area contributed by atoms with E-state index in [-0.39, 0.29) is 0 Å². The third kappa shape index (κ3) is 11.1. The molecule has 0 fully saturated rings. The topological polar surface area (TPSA) is 38.0 Å². The summed E-state index contributed by atoms with van der Waals surface area (Å²) in [6, 6.07) is 10.3. The molecule has 0 heterocycles. The molecule has 2 heteroatoms. The van der Waals surface area contributed by atoms with Gasteiger partial charge in [0.2, 0.25) is 0 Å². The predicted molar refractivity (Wildman–Crippen MR) is 69.9 cm³/mol. The zero-order valence-corrected chi connectivity index (χ0v) is 10.6. The van der Waals surface area contributed by atoms with Crippen LogP contribution in [-0.4, -0.2) is 13.1 Å². The lowest BCUT2D eigenvalue weighted by molar-refractivity contribution is 0.695. The molecule has 0 aromatic heterocycles. The average Bonchev–Trinajstić information content (AvgIpc) is 2.36. The van der Waals surface area contributed by atoms with E-state index in [9.17, 15) is 0 Å². The number of rotatable bonds is 4. The molecule has 0 amide bonds. The maximum Gasteiger partial charge on any atom is 0.0206 e. The van der Waals surface area contributed by atoms with Gasteiger partial charge in [0.1, 0.15) is 0 Å². The fourth-order valence-corrected chi connectivity index (χ4v) is 0.931. The van der Waals surface area contributed by atoms with Gasteiger partial charge in [0.15, 0.2) is 0 Å². The molecular weight excluding hydrogens is 184 g/mol. The minimum atomic E-state index is 0.701. The summed E-state index contributed by atoms with van der Waals surface area (Å²) in [5, 5.41) is 3.23. The van der Waals surface area contributed by atoms with E-state index >= 15 is 0 Å². The minimum absolute atomic E-state index is 0.701. The normalized spacial score (nSPS) is 8.07. The summed E-state index contributed by atoms with van der Waals surface area (Å²) in [5.74, 6) is 0. The van der Waals surface area contributed by atoms with E-state index in [1.807, 2.05) is 45.9 Å². The number of nitrogens with two attached hydrogens (primary N) is 1. The summed E-state index contributed by atoms with van der Waals surface area (Å²) in [4.78, 5) is 0. The lowest BCUT2D eigenvalue weighted by Gasteiger charge is -2.01. The van der Waals surface area contributed by atoms with Crippen LogP contribution in [0, 0.1) is 0 Å². The van der Waals surface area contributed by atoms with Crippen LogP contribution in [0.4, 0.5) is 0 Å². The van der Waals surface area contributed by atoms with Crippen molar-refractivity contribution < 1.29 is 0 Å². The van der Waals surface area contributed by atoms with Gasteiger partial charge in [-0.25, -0.2) is 0 Å². The van der Waals surface area contributed by atoms with Crippen molar-refractivity contribution in [3.8, 4) is 0 Å². The summed E-state index contributed by atoms with van der Waals surface area (Å²) >= 11 is 0. The SMILES string of the molecule is CC.CC.NCCNCc1ccccc1. The quantitative estimate of drug-likeness (QED) is 0.750. The highest BCUT2D eigenvalue weighted by Gasteiger charge is 1.87. The number of hydrogen-bond acceptors (Lipinski definition) is 2. The van der Waals surface area contributed by atoms with Crippen molar-refractivity contribution in [3.05, 3.63) is 35.9 Å². The van der Waals surface area contributed by atoms with Gasteiger partial charge in [-0.1, -0.05) is 58.0 Å². The van der Waals surface area contributed by atoms with Gasteiger partial charge in [0.25, 0.3) is 0 Å². The Morgan fingerprint density at radius 1 is 1.00 bits per heavy atom. The molecule has 1 aromatic carbocycles. The molecule has 0 unspecified atom stereocenters. The first kappa shape index (κ1) is 16.6. The largest absolute Gasteiger partial charge is 0.329 e. The Kier molecular flexibility index (Phi) is 17.2. The first-order chi connectivity index (χ1) is 7.43. The Bertz CT molecular complexity index is 185. The van der Waals surface area contributed by atoms with Crippen LogP contribution in [0.5, 0.6) is 0 Å². The predicted octanol–water partition coefficient (Wildman–Crippen LogP) is 2.79. The summed E-state index contributed by atoms with van der Waals surface area (Å²) in [5.41, 5.74) is 6.64. The molecule has 0 saturated heterocycles. The third-order valence-corrected chi connectivity index (χ3v) is 1.49. The van der Waals surface area contributed by atoms with Gasteiger partial charge in [0.05, 0.1) is 0 Å². The van der Waals surface area contributed by atoms with Gasteiger partial charge in [-0.05, 0) is 5.56 Å². The van der Waals surface area contributed by atoms with Crippen molar-refractivity contribution in [2.45, 2.75) is 34.2 Å². The Hall–Kier alpha value is -0.860. The van der Waals surface area contributed by atoms with Gasteiger partial charge in [-0.3, -0.25) is 0 Å². The van der Waals surface area contributed by atoms with Crippen LogP contribution in [0.1, 0.15) is 33.3 Å². The molecule has 0 aliphatic heterocycles. The highest BCUT2D eigenvalue weighted by atomic mass is 14.9. The fourth-order valence-electron chi connectivity index (χ4n) is 0.931. The van der Waals surface area contributed by atoms with E-state index in [1.165, 1.54) is 5.56 Å². The molecule has 88 valence electrons. The highest BCUT2D eigenvalue weighted by Crippen LogP contribution is 1.96. The molecule has 2 nitrogen and oxygen atoms in total. The number of nitrogens with one attached hydrogen (secondary N) is 1. The minimum Gasteiger partial charge on any atom is -0.329 e. The second-order valence-electron chi connectivity index (χ2n) is 2.45. The zero-order chi connectivity index (χ0) is 11.9. The fraction of sp³-hybridized carbons (Fsp3) is 0.538. The van der Waals surface area contributed by atoms with Crippen molar-refractivity contribution in [3.63, 3.8) is 0 Å². The molecule has 0 saturated carbocycles. The lowest BCUT2D eigenvalue weighted by atomic mass is 10.2. The molecule has 0 bridgehead atoms. The average molecular weight is 210 g/mol. The second kappa shape index (κ2) is 15.6. The van der Waals surface area contributed by atoms with Crippen molar-refractivity contribution in [1.82, 2.24) is 5.32 Å². The van der Waals surface area contributed by atoms with E-state index in [2.05, 4.69) is 17.4 Å². The van der Waals surface area contributed by atoms with Crippen LogP contribution >= 0.6 is 0 Å². The van der Waals surface area contributed by atoms with Gasteiger partial charge in [-0.15, -0.1) is 0 Å². The first-order valence-electron chi connectivity index (χ1n) is 5.88. The smallest absolute Gasteiger partial charge is 0.0206 e. The zero-order valence-electron chi connectivity index (χ0n) is 10.6. The maximum atomic E-state index is 5.33. The summed E-state index contributed by atoms with van der Waals surface area (Å²) in [6.07, 6.45) is 0. The molecule has 1 rings (SSSR count). The van der Waals surface area contributed by atoms with E-state index in [0.717, 1.165) is 13.1 Å². The molecule has 1 aromatic rings. The highest BCUT2D eigenvalue weighted by molar-refractivity contribution is 5.14. The van der Waals surface area contributed by atoms with Crippen LogP contribution in [0.25, 0.3) is 0 Å². The maximum absolute atomic E-state index is 5.33. The van der Waals surface area contributed by atoms with E-state index in [1.54, 1.807) is 0 Å². The first-order valence-corrected chi connectivity index (χ1v) is 5.88. The Morgan fingerprint density at radius 3 is 2.00 bits per heavy atom. The van der Waals surface area contributed by atoms with Gasteiger partial charge >= 0.3 is 0 Å². The standard InChI is InChI=1S/C9H14N2.2C2H6/c10-6-7-11-8-9-4-2-1-3-5-9;2*1-2/h1-5,11H,6-8,10H2;2*1-2H3. The molecule has 0 aliphatic carbocycles. The Labute approximate surface area is 94.9 Å². The van der Waals surface area contributed by atoms with E-state index in [4.69, 9.17) is 5.73 Å². The molecule has 15 heavy (non-hydrogen) atoms. The summed E-state index contributed by atoms with van der Waals surface area (Å²) in [6.45, 7) is 10.5. The number of benzene rings is 1. The Morgan fingerprint density at radius 2 is 1.53 bits per heavy atom. The van der Waals surface area contributed by atoms with Crippen molar-refractivity contribution >= 4 is 0 Å². The van der Waals surface area contributed by atoms with E-state index in [0.29, 0.717) is 6.54 Å². The third-order valence-electron chi connectivity index (χ3n) is 1.49. The molecule has 0 radical (unpaired) electrons. The van der Waals surface area contributed by atoms with Crippen molar-refractivity contribution in [1.29, 1.82) is 0 Å². The van der Waals surface area contributed by atoms with E-state index < -0.39 is 0 Å². The lowest BCUT2D eigenvalue weighted by Crippen LogP contribution is -2.21. The van der Waals surface area contributed by atoms with Gasteiger partial charge in [-0.2, -0.15) is 0 Å². The van der Waals surface area contributed by atoms with Crippen LogP contribution in [0.2, 0.25) is 0 Å². The van der Waals surface area contributed by atoms with Crippen molar-refractivity contribution in [2.75, 3.05) is 13.1 Å². The molecule has 3 N–H and O–H groups in total. The van der Waals surface area contributed by atoms with Crippen LogP contribution in [-0.2, 0) is 6.54 Å². The summed E-state index contributed by atoms with van der Waals surface area (Å²) in [7, 11) is 0. The Balaban J connectivity index is 0. The monoisotopic (exact) mass is 210 g/mol. The number of hydrogen-bond donors (Lipinski definition) is 2. The summed E-state index contributed by atoms with van der Waals surface area (Å²) < 4.78 is 0. The molecular formula is C13H26N2. The second-order valence-corrected chi connectivity index (χ2v) is 2.45. The van der Waals surface area contributed by atoms with Crippen LogP contribution in [0.15, 0.2) is 30.3 Å².